The fourth-order valence-corrected chi connectivity index (χ4v) is 6.41. The molecule has 0 bridgehead atoms. The third kappa shape index (κ3) is 4.13. The summed E-state index contributed by atoms with van der Waals surface area (Å²) < 4.78 is 0. The number of carbonyl (C=O) groups is 4. The number of anilines is 1. The van der Waals surface area contributed by atoms with Crippen molar-refractivity contribution >= 4 is 34.8 Å². The Morgan fingerprint density at radius 3 is 2.24 bits per heavy atom. The fraction of sp³-hybridized carbons (Fsp3) is 0.481. The van der Waals surface area contributed by atoms with Crippen molar-refractivity contribution < 1.29 is 49.8 Å². The largest absolute Gasteiger partial charge is 0.508 e. The summed E-state index contributed by atoms with van der Waals surface area (Å²) in [5.74, 6) is -10.8. The molecule has 7 atom stereocenters. The van der Waals surface area contributed by atoms with E-state index in [-0.39, 0.29) is 16.8 Å². The number of nitrogens with zero attached hydrogens (tertiary/aromatic N) is 2. The lowest BCUT2D eigenvalue weighted by Gasteiger charge is -2.53. The first-order valence-corrected chi connectivity index (χ1v) is 12.8. The van der Waals surface area contributed by atoms with Crippen LogP contribution in [0.25, 0.3) is 5.76 Å². The van der Waals surface area contributed by atoms with Crippen molar-refractivity contribution in [3.8, 4) is 5.75 Å². The summed E-state index contributed by atoms with van der Waals surface area (Å²) in [6.07, 6.45) is -1.71. The molecule has 1 saturated carbocycles. The molecule has 0 aliphatic heterocycles. The third-order valence-corrected chi connectivity index (χ3v) is 8.49. The molecule has 0 aromatic heterocycles. The minimum atomic E-state index is -3.02. The van der Waals surface area contributed by atoms with Crippen LogP contribution < -0.4 is 11.1 Å². The molecule has 0 radical (unpaired) electrons. The van der Waals surface area contributed by atoms with Crippen molar-refractivity contribution in [2.45, 2.75) is 36.6 Å². The standard InChI is InChI=1S/C27H34N4O10/c1-9-10-6-7-11(29-26(40)12(8-32)30(2)3)19(33)14(10)20(34)15-13(9)21(35)17-18(31(4)5)22(36)16(25(28)39)24(38)27(17,41)23(15)37/h6-7,9,12-13,17-18,21,32-35,38,41H,8H2,1-5H3,(H2,28,39)(H,29,40)/t9?,12?,13?,17-,18-,21?,27+/m0/s1. The van der Waals surface area contributed by atoms with E-state index in [4.69, 9.17) is 5.73 Å². The summed E-state index contributed by atoms with van der Waals surface area (Å²) in [5.41, 5.74) is 0.623. The Bertz CT molecular complexity index is 1420. The molecule has 4 rings (SSSR count). The molecule has 14 heteroatoms. The molecule has 9 N–H and O–H groups in total. The average molecular weight is 575 g/mol. The summed E-state index contributed by atoms with van der Waals surface area (Å²) in [7, 11) is 5.98. The van der Waals surface area contributed by atoms with Crippen LogP contribution in [0.1, 0.15) is 24.0 Å². The predicted molar refractivity (Wildman–Crippen MR) is 144 cm³/mol. The normalized spacial score (nSPS) is 30.2. The van der Waals surface area contributed by atoms with E-state index in [1.165, 1.54) is 36.0 Å². The van der Waals surface area contributed by atoms with Crippen LogP contribution in [0.15, 0.2) is 29.0 Å². The maximum Gasteiger partial charge on any atom is 0.255 e. The van der Waals surface area contributed by atoms with Crippen molar-refractivity contribution in [1.82, 2.24) is 9.80 Å². The van der Waals surface area contributed by atoms with Gasteiger partial charge in [-0.15, -0.1) is 0 Å². The number of ketones is 2. The number of likely N-dealkylation sites (N-methyl/N-ethyl adjacent to an activating group) is 2. The van der Waals surface area contributed by atoms with Gasteiger partial charge in [0, 0.05) is 11.5 Å². The SMILES string of the molecule is CC1c2ccc(NC(=O)C(CO)N(C)C)c(O)c2C(O)=C2C(=O)[C@@]3(O)C(O)=C(C(N)=O)C(=O)[C@@H](N(C)C)[C@H]3C(O)C21. The lowest BCUT2D eigenvalue weighted by atomic mass is 9.54. The molecule has 0 saturated heterocycles. The maximum absolute atomic E-state index is 14.0. The molecule has 1 aromatic carbocycles. The number of hydrogen-bond donors (Lipinski definition) is 8. The second kappa shape index (κ2) is 10.2. The van der Waals surface area contributed by atoms with Gasteiger partial charge in [-0.2, -0.15) is 0 Å². The smallest absolute Gasteiger partial charge is 0.255 e. The molecule has 0 heterocycles. The minimum Gasteiger partial charge on any atom is -0.508 e. The molecule has 1 aromatic rings. The third-order valence-electron chi connectivity index (χ3n) is 8.49. The van der Waals surface area contributed by atoms with Crippen molar-refractivity contribution in [2.24, 2.45) is 17.6 Å². The topological polar surface area (TPSA) is 234 Å². The number of aliphatic hydroxyl groups excluding tert-OH is 4. The second-order valence-corrected chi connectivity index (χ2v) is 11.1. The van der Waals surface area contributed by atoms with E-state index in [9.17, 15) is 49.8 Å². The van der Waals surface area contributed by atoms with Crippen LogP contribution in [0.5, 0.6) is 5.75 Å². The number of carbonyl (C=O) groups excluding carboxylic acids is 4. The number of nitrogens with two attached hydrogens (primary N) is 1. The van der Waals surface area contributed by atoms with Crippen LogP contribution in [0.2, 0.25) is 0 Å². The number of rotatable bonds is 6. The Hall–Kier alpha value is -3.82. The molecule has 4 unspecified atom stereocenters. The zero-order valence-electron chi connectivity index (χ0n) is 23.1. The monoisotopic (exact) mass is 574 g/mol. The van der Waals surface area contributed by atoms with Gasteiger partial charge in [0.05, 0.1) is 35.9 Å². The van der Waals surface area contributed by atoms with Gasteiger partial charge in [0.1, 0.15) is 28.9 Å². The van der Waals surface area contributed by atoms with Gasteiger partial charge in [-0.05, 0) is 45.7 Å². The van der Waals surface area contributed by atoms with E-state index in [1.807, 2.05) is 0 Å². The Balaban J connectivity index is 1.93. The highest BCUT2D eigenvalue weighted by molar-refractivity contribution is 6.24. The number of phenols is 1. The molecule has 2 amide bonds. The summed E-state index contributed by atoms with van der Waals surface area (Å²) in [6.45, 7) is 1.08. The summed E-state index contributed by atoms with van der Waals surface area (Å²) in [4.78, 5) is 54.8. The Morgan fingerprint density at radius 1 is 1.12 bits per heavy atom. The molecule has 0 spiro atoms. The van der Waals surface area contributed by atoms with E-state index in [2.05, 4.69) is 5.32 Å². The predicted octanol–water partition coefficient (Wildman–Crippen LogP) is -1.64. The van der Waals surface area contributed by atoms with E-state index in [1.54, 1.807) is 21.0 Å². The first-order chi connectivity index (χ1) is 19.0. The lowest BCUT2D eigenvalue weighted by molar-refractivity contribution is -0.169. The molecule has 222 valence electrons. The number of phenolic OH excluding ortho intramolecular Hbond substituents is 1. The van der Waals surface area contributed by atoms with Gasteiger partial charge in [0.15, 0.2) is 11.4 Å². The number of primary amides is 1. The molecular formula is C27H34N4O10. The van der Waals surface area contributed by atoms with E-state index in [0.717, 1.165) is 0 Å². The number of fused-ring (bicyclic) bond motifs is 3. The van der Waals surface area contributed by atoms with Gasteiger partial charge in [-0.1, -0.05) is 13.0 Å². The second-order valence-electron chi connectivity index (χ2n) is 11.1. The molecule has 3 aliphatic carbocycles. The molecule has 41 heavy (non-hydrogen) atoms. The summed E-state index contributed by atoms with van der Waals surface area (Å²) in [5, 5.41) is 68.8. The Labute approximate surface area is 235 Å². The van der Waals surface area contributed by atoms with Crippen molar-refractivity contribution in [3.05, 3.63) is 40.2 Å². The Morgan fingerprint density at radius 2 is 1.73 bits per heavy atom. The van der Waals surface area contributed by atoms with Gasteiger partial charge in [0.25, 0.3) is 5.91 Å². The van der Waals surface area contributed by atoms with Crippen molar-refractivity contribution in [2.75, 3.05) is 40.1 Å². The highest BCUT2D eigenvalue weighted by Gasteiger charge is 2.68. The highest BCUT2D eigenvalue weighted by Crippen LogP contribution is 2.56. The van der Waals surface area contributed by atoms with Crippen LogP contribution in [0, 0.1) is 11.8 Å². The number of aromatic hydroxyl groups is 1. The van der Waals surface area contributed by atoms with Crippen LogP contribution in [0.4, 0.5) is 5.69 Å². The number of amides is 2. The zero-order chi connectivity index (χ0) is 30.9. The minimum absolute atomic E-state index is 0.151. The van der Waals surface area contributed by atoms with Crippen molar-refractivity contribution in [3.63, 3.8) is 0 Å². The number of benzene rings is 1. The van der Waals surface area contributed by atoms with E-state index < -0.39 is 99.9 Å². The van der Waals surface area contributed by atoms with Crippen molar-refractivity contribution in [1.29, 1.82) is 0 Å². The average Bonchev–Trinajstić information content (AvgIpc) is 2.87. The molecule has 3 aliphatic rings. The van der Waals surface area contributed by atoms with Gasteiger partial charge < -0.3 is 41.7 Å². The lowest BCUT2D eigenvalue weighted by Crippen LogP contribution is -2.70. The maximum atomic E-state index is 14.0. The van der Waals surface area contributed by atoms with Crippen LogP contribution in [-0.2, 0) is 19.2 Å². The fourth-order valence-electron chi connectivity index (χ4n) is 6.41. The quantitative estimate of drug-likeness (QED) is 0.141. The summed E-state index contributed by atoms with van der Waals surface area (Å²) in [6, 6.07) is 0.424. The first kappa shape index (κ1) is 30.1. The highest BCUT2D eigenvalue weighted by atomic mass is 16.4. The number of Topliss-reactive ketones (excluding diaryl/α,β-unsaturated/α-hetero) is 2. The van der Waals surface area contributed by atoms with Gasteiger partial charge in [-0.25, -0.2) is 0 Å². The van der Waals surface area contributed by atoms with Gasteiger partial charge in [-0.3, -0.25) is 29.0 Å². The zero-order valence-corrected chi connectivity index (χ0v) is 23.1. The van der Waals surface area contributed by atoms with E-state index >= 15 is 0 Å². The van der Waals surface area contributed by atoms with Gasteiger partial charge >= 0.3 is 0 Å². The molecule has 14 nitrogen and oxygen atoms in total. The number of hydrogen-bond acceptors (Lipinski definition) is 12. The van der Waals surface area contributed by atoms with Crippen LogP contribution in [0.3, 0.4) is 0 Å². The Kier molecular flexibility index (Phi) is 7.52. The van der Waals surface area contributed by atoms with E-state index in [0.29, 0.717) is 0 Å². The van der Waals surface area contributed by atoms with Crippen LogP contribution >= 0.6 is 0 Å². The number of nitrogens with one attached hydrogen (secondary N) is 1. The first-order valence-electron chi connectivity index (χ1n) is 12.8. The van der Waals surface area contributed by atoms with Gasteiger partial charge in [0.2, 0.25) is 11.7 Å². The number of aliphatic hydroxyl groups is 5. The molecule has 1 fully saturated rings. The summed E-state index contributed by atoms with van der Waals surface area (Å²) >= 11 is 0. The van der Waals surface area contributed by atoms with Crippen LogP contribution in [-0.4, -0.2) is 122 Å². The molecular weight excluding hydrogens is 540 g/mol.